The van der Waals surface area contributed by atoms with Crippen LogP contribution in [-0.4, -0.2) is 24.1 Å². The summed E-state index contributed by atoms with van der Waals surface area (Å²) in [4.78, 5) is 14.9. The van der Waals surface area contributed by atoms with Crippen LogP contribution in [0.25, 0.3) is 100 Å². The molecule has 3 aromatic heterocycles. The van der Waals surface area contributed by atoms with E-state index in [9.17, 15) is 13.2 Å². The predicted octanol–water partition coefficient (Wildman–Crippen LogP) is 13.8. The van der Waals surface area contributed by atoms with Gasteiger partial charge in [-0.1, -0.05) is 140 Å². The van der Waals surface area contributed by atoms with Crippen LogP contribution < -0.4 is 0 Å². The van der Waals surface area contributed by atoms with Gasteiger partial charge in [-0.2, -0.15) is 13.2 Å². The standard InChI is InChI=1S/C52H32F3N5/c53-52(54,55)37-26-23-33(24-27-37)39-29-25-36(51-57-49(34-13-3-1-4-14-34)56-50(58-51)35-15-5-2-6-16-35)31-48(39)60-46-22-12-9-19-42(46)43-32-38(28-30-47(43)60)59-44-20-10-7-17-40(44)41-18-8-11-21-45(41)59/h1-32H. The normalized spacial score (nSPS) is 11.9. The number of alkyl halides is 3. The molecule has 60 heavy (non-hydrogen) atoms. The van der Waals surface area contributed by atoms with E-state index in [2.05, 4.69) is 88.0 Å². The predicted molar refractivity (Wildman–Crippen MR) is 235 cm³/mol. The smallest absolute Gasteiger partial charge is 0.309 e. The first kappa shape index (κ1) is 35.3. The van der Waals surface area contributed by atoms with Crippen molar-refractivity contribution >= 4 is 43.6 Å². The molecule has 0 aliphatic rings. The summed E-state index contributed by atoms with van der Waals surface area (Å²) in [6.07, 6.45) is -4.46. The summed E-state index contributed by atoms with van der Waals surface area (Å²) in [7, 11) is 0. The Labute approximate surface area is 342 Å². The molecule has 3 heterocycles. The topological polar surface area (TPSA) is 48.5 Å². The van der Waals surface area contributed by atoms with Crippen LogP contribution in [0.1, 0.15) is 5.56 Å². The van der Waals surface area contributed by atoms with E-state index in [4.69, 9.17) is 15.0 Å². The molecule has 0 atom stereocenters. The van der Waals surface area contributed by atoms with Crippen LogP contribution in [0.4, 0.5) is 13.2 Å². The zero-order valence-electron chi connectivity index (χ0n) is 31.8. The molecule has 0 bridgehead atoms. The maximum absolute atomic E-state index is 13.8. The fourth-order valence-corrected chi connectivity index (χ4v) is 8.44. The molecule has 0 radical (unpaired) electrons. The van der Waals surface area contributed by atoms with Crippen LogP contribution in [0.3, 0.4) is 0 Å². The number of rotatable bonds is 6. The lowest BCUT2D eigenvalue weighted by Gasteiger charge is -2.17. The Morgan fingerprint density at radius 1 is 0.350 bits per heavy atom. The SMILES string of the molecule is FC(F)(F)c1ccc(-c2ccc(-c3nc(-c4ccccc4)nc(-c4ccccc4)n3)cc2-n2c3ccccc3c3cc(-n4c5ccccc5c5ccccc54)ccc32)cc1. The summed E-state index contributed by atoms with van der Waals surface area (Å²) in [5.41, 5.74) is 9.02. The lowest BCUT2D eigenvalue weighted by atomic mass is 9.99. The van der Waals surface area contributed by atoms with E-state index in [1.54, 1.807) is 12.1 Å². The lowest BCUT2D eigenvalue weighted by Crippen LogP contribution is -2.04. The molecule has 5 nitrogen and oxygen atoms in total. The zero-order valence-corrected chi connectivity index (χ0v) is 31.8. The number of hydrogen-bond donors (Lipinski definition) is 0. The Bertz CT molecular complexity index is 3290. The van der Waals surface area contributed by atoms with Gasteiger partial charge in [-0.15, -0.1) is 0 Å². The molecule has 0 saturated heterocycles. The van der Waals surface area contributed by atoms with E-state index < -0.39 is 11.7 Å². The summed E-state index contributed by atoms with van der Waals surface area (Å²) < 4.78 is 45.9. The number of para-hydroxylation sites is 3. The summed E-state index contributed by atoms with van der Waals surface area (Å²) in [6, 6.07) is 62.5. The summed E-state index contributed by atoms with van der Waals surface area (Å²) >= 11 is 0. The molecule has 11 aromatic rings. The van der Waals surface area contributed by atoms with Gasteiger partial charge in [-0.05, 0) is 60.2 Å². The third-order valence-electron chi connectivity index (χ3n) is 11.2. The van der Waals surface area contributed by atoms with Crippen LogP contribution in [0.5, 0.6) is 0 Å². The summed E-state index contributed by atoms with van der Waals surface area (Å²) in [6.45, 7) is 0. The molecule has 0 fully saturated rings. The highest BCUT2D eigenvalue weighted by Crippen LogP contribution is 2.41. The first-order valence-corrected chi connectivity index (χ1v) is 19.6. The van der Waals surface area contributed by atoms with Crippen molar-refractivity contribution in [2.75, 3.05) is 0 Å². The van der Waals surface area contributed by atoms with Gasteiger partial charge < -0.3 is 9.13 Å². The number of benzene rings is 8. The van der Waals surface area contributed by atoms with Gasteiger partial charge in [0.25, 0.3) is 0 Å². The molecule has 8 aromatic carbocycles. The van der Waals surface area contributed by atoms with Crippen molar-refractivity contribution in [1.82, 2.24) is 24.1 Å². The van der Waals surface area contributed by atoms with E-state index in [-0.39, 0.29) is 0 Å². The van der Waals surface area contributed by atoms with Crippen molar-refractivity contribution in [3.8, 4) is 56.7 Å². The number of hydrogen-bond acceptors (Lipinski definition) is 3. The molecule has 0 saturated carbocycles. The van der Waals surface area contributed by atoms with E-state index in [0.29, 0.717) is 23.0 Å². The number of nitrogens with zero attached hydrogens (tertiary/aromatic N) is 5. The Kier molecular flexibility index (Phi) is 8.20. The van der Waals surface area contributed by atoms with Crippen molar-refractivity contribution in [3.05, 3.63) is 200 Å². The fourth-order valence-electron chi connectivity index (χ4n) is 8.44. The molecule has 0 amide bonds. The quantitative estimate of drug-likeness (QED) is 0.169. The highest BCUT2D eigenvalue weighted by atomic mass is 19.4. The molecule has 286 valence electrons. The summed E-state index contributed by atoms with van der Waals surface area (Å²) in [5.74, 6) is 1.53. The minimum Gasteiger partial charge on any atom is -0.309 e. The maximum atomic E-state index is 13.8. The van der Waals surface area contributed by atoms with Crippen LogP contribution in [0, 0.1) is 0 Å². The average Bonchev–Trinajstić information content (AvgIpc) is 3.81. The first-order chi connectivity index (χ1) is 29.4. The van der Waals surface area contributed by atoms with Crippen LogP contribution in [0.15, 0.2) is 194 Å². The van der Waals surface area contributed by atoms with Gasteiger partial charge in [0.2, 0.25) is 0 Å². The first-order valence-electron chi connectivity index (χ1n) is 19.6. The Morgan fingerprint density at radius 3 is 1.35 bits per heavy atom. The van der Waals surface area contributed by atoms with Gasteiger partial charge in [0.15, 0.2) is 17.5 Å². The van der Waals surface area contributed by atoms with Gasteiger partial charge in [0, 0.05) is 49.5 Å². The minimum atomic E-state index is -4.46. The molecule has 0 unspecified atom stereocenters. The molecule has 8 heteroatoms. The second-order valence-electron chi connectivity index (χ2n) is 14.8. The molecule has 0 aliphatic carbocycles. The maximum Gasteiger partial charge on any atom is 0.416 e. The Balaban J connectivity index is 1.17. The van der Waals surface area contributed by atoms with E-state index >= 15 is 0 Å². The average molecular weight is 784 g/mol. The number of fused-ring (bicyclic) bond motifs is 6. The lowest BCUT2D eigenvalue weighted by molar-refractivity contribution is -0.137. The highest BCUT2D eigenvalue weighted by Gasteiger charge is 2.30. The van der Waals surface area contributed by atoms with Gasteiger partial charge >= 0.3 is 6.18 Å². The highest BCUT2D eigenvalue weighted by molar-refractivity contribution is 6.12. The van der Waals surface area contributed by atoms with Crippen LogP contribution in [-0.2, 0) is 6.18 Å². The van der Waals surface area contributed by atoms with Gasteiger partial charge in [-0.25, -0.2) is 15.0 Å². The van der Waals surface area contributed by atoms with Crippen molar-refractivity contribution < 1.29 is 13.2 Å². The monoisotopic (exact) mass is 783 g/mol. The zero-order chi connectivity index (χ0) is 40.4. The summed E-state index contributed by atoms with van der Waals surface area (Å²) in [5, 5.41) is 4.43. The van der Waals surface area contributed by atoms with Gasteiger partial charge in [0.1, 0.15) is 0 Å². The second-order valence-corrected chi connectivity index (χ2v) is 14.8. The van der Waals surface area contributed by atoms with Crippen molar-refractivity contribution in [2.24, 2.45) is 0 Å². The second kappa shape index (κ2) is 13.9. The fraction of sp³-hybridized carbons (Fsp3) is 0.0192. The molecule has 0 N–H and O–H groups in total. The van der Waals surface area contributed by atoms with E-state index in [0.717, 1.165) is 78.6 Å². The largest absolute Gasteiger partial charge is 0.416 e. The Hall–Kier alpha value is -7.84. The third-order valence-corrected chi connectivity index (χ3v) is 11.2. The van der Waals surface area contributed by atoms with Gasteiger partial charge in [0.05, 0.1) is 33.3 Å². The van der Waals surface area contributed by atoms with Crippen LogP contribution >= 0.6 is 0 Å². The third kappa shape index (κ3) is 5.91. The number of halogens is 3. The molecule has 0 spiro atoms. The van der Waals surface area contributed by atoms with Crippen molar-refractivity contribution in [3.63, 3.8) is 0 Å². The minimum absolute atomic E-state index is 0.470. The van der Waals surface area contributed by atoms with E-state index in [1.807, 2.05) is 91.0 Å². The van der Waals surface area contributed by atoms with Gasteiger partial charge in [-0.3, -0.25) is 0 Å². The molecule has 0 aliphatic heterocycles. The Morgan fingerprint density at radius 2 is 0.800 bits per heavy atom. The van der Waals surface area contributed by atoms with Crippen LogP contribution in [0.2, 0.25) is 0 Å². The molecular weight excluding hydrogens is 752 g/mol. The molecular formula is C52H32F3N5. The number of aromatic nitrogens is 5. The van der Waals surface area contributed by atoms with Crippen molar-refractivity contribution in [2.45, 2.75) is 6.18 Å². The van der Waals surface area contributed by atoms with E-state index in [1.165, 1.54) is 10.8 Å². The van der Waals surface area contributed by atoms with Crippen molar-refractivity contribution in [1.29, 1.82) is 0 Å². The molecule has 11 rings (SSSR count).